The van der Waals surface area contributed by atoms with E-state index in [1.54, 1.807) is 26.9 Å². The van der Waals surface area contributed by atoms with Crippen LogP contribution in [0.1, 0.15) is 92.9 Å². The van der Waals surface area contributed by atoms with Gasteiger partial charge in [-0.25, -0.2) is 23.5 Å². The quantitative estimate of drug-likeness (QED) is 0.150. The first-order valence-electron chi connectivity index (χ1n) is 19.9. The predicted octanol–water partition coefficient (Wildman–Crippen LogP) is 3.72. The van der Waals surface area contributed by atoms with E-state index < -0.39 is 30.0 Å². The van der Waals surface area contributed by atoms with E-state index >= 15 is 0 Å². The van der Waals surface area contributed by atoms with Gasteiger partial charge in [-0.3, -0.25) is 33.5 Å². The Morgan fingerprint density at radius 1 is 0.965 bits per heavy atom. The van der Waals surface area contributed by atoms with Crippen LogP contribution in [0.4, 0.5) is 14.5 Å². The van der Waals surface area contributed by atoms with Gasteiger partial charge in [0.05, 0.1) is 28.3 Å². The number of halogens is 2. The first-order valence-corrected chi connectivity index (χ1v) is 19.9. The lowest BCUT2D eigenvalue weighted by atomic mass is 9.71. The van der Waals surface area contributed by atoms with Gasteiger partial charge < -0.3 is 20.9 Å². The summed E-state index contributed by atoms with van der Waals surface area (Å²) in [4.78, 5) is 63.9. The molecule has 8 rings (SSSR count). The number of piperidine rings is 1. The van der Waals surface area contributed by atoms with Gasteiger partial charge >= 0.3 is 5.69 Å². The molecule has 2 aliphatic carbocycles. The second-order valence-electron chi connectivity index (χ2n) is 16.0. The first-order chi connectivity index (χ1) is 27.6. The highest BCUT2D eigenvalue weighted by atomic mass is 19.3. The zero-order valence-corrected chi connectivity index (χ0v) is 32.0. The number of carbonyl (C=O) groups is 3. The number of aromatic nitrogens is 6. The zero-order valence-electron chi connectivity index (χ0n) is 32.0. The van der Waals surface area contributed by atoms with Crippen molar-refractivity contribution in [2.45, 2.75) is 75.8 Å². The number of amides is 3. The van der Waals surface area contributed by atoms with Crippen LogP contribution in [-0.4, -0.2) is 95.7 Å². The molecule has 2 aliphatic heterocycles. The van der Waals surface area contributed by atoms with Crippen LogP contribution in [0.15, 0.2) is 53.9 Å². The van der Waals surface area contributed by atoms with Crippen LogP contribution in [-0.2, 0) is 21.4 Å². The van der Waals surface area contributed by atoms with Gasteiger partial charge in [0.25, 0.3) is 12.3 Å². The summed E-state index contributed by atoms with van der Waals surface area (Å²) < 4.78 is 32.8. The fourth-order valence-corrected chi connectivity index (χ4v) is 9.37. The summed E-state index contributed by atoms with van der Waals surface area (Å²) in [6.45, 7) is 6.14. The van der Waals surface area contributed by atoms with Gasteiger partial charge in [-0.05, 0) is 80.4 Å². The number of alkyl halides is 2. The number of imidazole rings is 1. The summed E-state index contributed by atoms with van der Waals surface area (Å²) in [7, 11) is 1.77. The topological polar surface area (TPSA) is 178 Å². The summed E-state index contributed by atoms with van der Waals surface area (Å²) in [6, 6.07) is 6.85. The number of piperazine rings is 1. The molecule has 0 bridgehead atoms. The van der Waals surface area contributed by atoms with Crippen LogP contribution < -0.4 is 22.1 Å². The largest absolute Gasteiger partial charge is 0.404 e. The highest BCUT2D eigenvalue weighted by Gasteiger charge is 2.37. The standard InChI is InChI=1S/C40H49F2N11O4/c1-49-35-28(4-2-5-31(35)53(40(49)57)32-10-11-33(54)47-39(32)56)26-18-25(19-26)22-51-16-14-50(15-17-51)21-24-6-8-27(9-7-24)52-23-30(34(48-52)36(41)42)46-38(55)29(20-43)37-44-12-3-13-45-37/h2-5,12-13,20,23-27,32,36H,6-11,14-19,21-22,43H2,1H3,(H,46,55)(H,47,54,56)/b29-20+. The monoisotopic (exact) mass is 785 g/mol. The van der Waals surface area contributed by atoms with Crippen LogP contribution in [0.5, 0.6) is 0 Å². The Hall–Kier alpha value is -5.29. The molecule has 3 amide bonds. The summed E-state index contributed by atoms with van der Waals surface area (Å²) in [6.07, 6.45) is 8.86. The van der Waals surface area contributed by atoms with Crippen molar-refractivity contribution in [2.24, 2.45) is 24.6 Å². The van der Waals surface area contributed by atoms with Crippen molar-refractivity contribution in [2.75, 3.05) is 44.6 Å². The van der Waals surface area contributed by atoms with Crippen LogP contribution >= 0.6 is 0 Å². The number of imide groups is 1. The van der Waals surface area contributed by atoms with E-state index in [2.05, 4.69) is 41.6 Å². The van der Waals surface area contributed by atoms with E-state index in [9.17, 15) is 28.0 Å². The average Bonchev–Trinajstić information content (AvgIpc) is 3.73. The first kappa shape index (κ1) is 38.6. The van der Waals surface area contributed by atoms with E-state index in [1.165, 1.54) is 18.6 Å². The Balaban J connectivity index is 0.796. The van der Waals surface area contributed by atoms with Crippen LogP contribution in [0.25, 0.3) is 16.6 Å². The number of anilines is 1. The number of hydrogen-bond acceptors (Lipinski definition) is 10. The molecule has 1 aromatic carbocycles. The molecular formula is C40H49F2N11O4. The minimum atomic E-state index is -2.86. The molecule has 17 heteroatoms. The van der Waals surface area contributed by atoms with Crippen molar-refractivity contribution in [3.05, 3.63) is 76.6 Å². The lowest BCUT2D eigenvalue weighted by molar-refractivity contribution is -0.135. The highest BCUT2D eigenvalue weighted by molar-refractivity contribution is 6.24. The predicted molar refractivity (Wildman–Crippen MR) is 208 cm³/mol. The number of hydrogen-bond donors (Lipinski definition) is 3. The van der Waals surface area contributed by atoms with Crippen LogP contribution in [0, 0.1) is 11.8 Å². The highest BCUT2D eigenvalue weighted by Crippen LogP contribution is 2.44. The molecule has 2 saturated heterocycles. The second kappa shape index (κ2) is 16.3. The van der Waals surface area contributed by atoms with E-state index in [0.717, 1.165) is 101 Å². The number of nitrogens with two attached hydrogens (primary N) is 1. The molecule has 4 N–H and O–H groups in total. The van der Waals surface area contributed by atoms with Gasteiger partial charge in [0.1, 0.15) is 6.04 Å². The maximum absolute atomic E-state index is 14.0. The van der Waals surface area contributed by atoms with Gasteiger partial charge in [-0.2, -0.15) is 5.10 Å². The van der Waals surface area contributed by atoms with E-state index in [1.807, 2.05) is 12.1 Å². The maximum atomic E-state index is 14.0. The maximum Gasteiger partial charge on any atom is 0.329 e. The third-order valence-electron chi connectivity index (χ3n) is 12.5. The Bertz CT molecular complexity index is 2210. The van der Waals surface area contributed by atoms with Crippen LogP contribution in [0.2, 0.25) is 0 Å². The number of aryl methyl sites for hydroxylation is 1. The molecular weight excluding hydrogens is 737 g/mol. The Morgan fingerprint density at radius 3 is 2.30 bits per heavy atom. The average molecular weight is 786 g/mol. The number of nitrogens with one attached hydrogen (secondary N) is 2. The van der Waals surface area contributed by atoms with Gasteiger partial charge in [0.2, 0.25) is 11.8 Å². The third-order valence-corrected chi connectivity index (χ3v) is 12.5. The number of fused-ring (bicyclic) bond motifs is 1. The molecule has 302 valence electrons. The molecule has 2 saturated carbocycles. The molecule has 0 spiro atoms. The number of nitrogens with zero attached hydrogens (tertiary/aromatic N) is 8. The molecule has 15 nitrogen and oxygen atoms in total. The molecule has 1 unspecified atom stereocenters. The lowest BCUT2D eigenvalue weighted by Gasteiger charge is -2.42. The minimum absolute atomic E-state index is 0.0249. The number of para-hydroxylation sites is 1. The second-order valence-corrected chi connectivity index (χ2v) is 16.0. The van der Waals surface area contributed by atoms with Gasteiger partial charge in [0, 0.05) is 77.5 Å². The van der Waals surface area contributed by atoms with Crippen molar-refractivity contribution < 1.29 is 23.2 Å². The number of benzene rings is 1. The lowest BCUT2D eigenvalue weighted by Crippen LogP contribution is -2.50. The molecule has 5 heterocycles. The molecule has 57 heavy (non-hydrogen) atoms. The fraction of sp³-hybridized carbons (Fsp3) is 0.525. The summed E-state index contributed by atoms with van der Waals surface area (Å²) >= 11 is 0. The van der Waals surface area contributed by atoms with Crippen molar-refractivity contribution in [3.63, 3.8) is 0 Å². The van der Waals surface area contributed by atoms with E-state index in [-0.39, 0.29) is 41.1 Å². The molecule has 4 aliphatic rings. The fourth-order valence-electron chi connectivity index (χ4n) is 9.37. The number of rotatable bonds is 11. The summed E-state index contributed by atoms with van der Waals surface area (Å²) in [5.74, 6) is 0.148. The summed E-state index contributed by atoms with van der Waals surface area (Å²) in [5.41, 5.74) is 7.65. The van der Waals surface area contributed by atoms with Gasteiger partial charge in [0.15, 0.2) is 11.5 Å². The SMILES string of the molecule is Cn1c(=O)n(C2CCC(=O)NC2=O)c2cccc(C3CC(CN4CCN(CC5CCC(n6cc(NC(=O)/C(=C/N)c7ncccn7)c(C(F)F)n6)CC5)CC4)C3)c21. The molecule has 1 atom stereocenters. The van der Waals surface area contributed by atoms with Gasteiger partial charge in [-0.1, -0.05) is 12.1 Å². The molecule has 3 aromatic heterocycles. The number of carbonyl (C=O) groups excluding carboxylic acids is 3. The van der Waals surface area contributed by atoms with Crippen LogP contribution in [0.3, 0.4) is 0 Å². The van der Waals surface area contributed by atoms with E-state index in [4.69, 9.17) is 5.73 Å². The molecule has 4 fully saturated rings. The zero-order chi connectivity index (χ0) is 39.8. The van der Waals surface area contributed by atoms with E-state index in [0.29, 0.717) is 24.2 Å². The Kier molecular flexibility index (Phi) is 11.0. The molecule has 4 aromatic rings. The Labute approximate surface area is 328 Å². The minimum Gasteiger partial charge on any atom is -0.404 e. The van der Waals surface area contributed by atoms with Crippen molar-refractivity contribution >= 4 is 40.0 Å². The van der Waals surface area contributed by atoms with Crippen molar-refractivity contribution in [1.29, 1.82) is 0 Å². The van der Waals surface area contributed by atoms with Gasteiger partial charge in [-0.15, -0.1) is 0 Å². The van der Waals surface area contributed by atoms with Crippen molar-refractivity contribution in [3.8, 4) is 0 Å². The smallest absolute Gasteiger partial charge is 0.329 e. The normalized spacial score (nSPS) is 25.1. The Morgan fingerprint density at radius 2 is 1.65 bits per heavy atom. The van der Waals surface area contributed by atoms with Crippen molar-refractivity contribution in [1.82, 2.24) is 44.0 Å². The molecule has 0 radical (unpaired) electrons. The third kappa shape index (κ3) is 7.86. The summed E-state index contributed by atoms with van der Waals surface area (Å²) in [5, 5.41) is 9.15.